The number of amides is 1. The lowest BCUT2D eigenvalue weighted by atomic mass is 10.1. The van der Waals surface area contributed by atoms with Crippen LogP contribution in [0.1, 0.15) is 46.6 Å². The number of alkyl carbamates (subject to hydrolysis) is 1. The maximum Gasteiger partial charge on any atom is 0.408 e. The van der Waals surface area contributed by atoms with Crippen molar-refractivity contribution in [3.63, 3.8) is 0 Å². The molecule has 0 saturated heterocycles. The fraction of sp³-hybridized carbons (Fsp3) is 0.714. The molecule has 0 bridgehead atoms. The lowest BCUT2D eigenvalue weighted by molar-refractivity contribution is -0.137. The van der Waals surface area contributed by atoms with Crippen molar-refractivity contribution in [3.05, 3.63) is 5.89 Å². The van der Waals surface area contributed by atoms with E-state index in [2.05, 4.69) is 20.3 Å². The fourth-order valence-electron chi connectivity index (χ4n) is 1.53. The molecular formula is C14H23N3O5S. The summed E-state index contributed by atoms with van der Waals surface area (Å²) in [7, 11) is 1.31. The van der Waals surface area contributed by atoms with E-state index in [1.807, 2.05) is 13.8 Å². The Kier molecular flexibility index (Phi) is 6.86. The molecule has 0 aromatic carbocycles. The molecular weight excluding hydrogens is 322 g/mol. The van der Waals surface area contributed by atoms with Gasteiger partial charge in [0.2, 0.25) is 5.89 Å². The molecule has 8 nitrogen and oxygen atoms in total. The van der Waals surface area contributed by atoms with E-state index in [-0.39, 0.29) is 28.8 Å². The van der Waals surface area contributed by atoms with Gasteiger partial charge in [0, 0.05) is 0 Å². The molecule has 0 saturated carbocycles. The normalized spacial score (nSPS) is 12.8. The lowest BCUT2D eigenvalue weighted by Crippen LogP contribution is -2.37. The van der Waals surface area contributed by atoms with Crippen molar-refractivity contribution < 1.29 is 23.5 Å². The molecule has 9 heteroatoms. The Morgan fingerprint density at radius 1 is 1.30 bits per heavy atom. The third kappa shape index (κ3) is 6.89. The van der Waals surface area contributed by atoms with Crippen LogP contribution < -0.4 is 5.32 Å². The minimum Gasteiger partial charge on any atom is -0.468 e. The zero-order chi connectivity index (χ0) is 17.6. The van der Waals surface area contributed by atoms with E-state index in [1.54, 1.807) is 20.8 Å². The van der Waals surface area contributed by atoms with Crippen molar-refractivity contribution in [1.82, 2.24) is 15.5 Å². The van der Waals surface area contributed by atoms with Crippen molar-refractivity contribution in [1.29, 1.82) is 0 Å². The van der Waals surface area contributed by atoms with E-state index in [0.29, 0.717) is 0 Å². The van der Waals surface area contributed by atoms with Crippen LogP contribution in [0.4, 0.5) is 4.79 Å². The second kappa shape index (κ2) is 8.19. The molecule has 130 valence electrons. The molecule has 0 radical (unpaired) electrons. The average Bonchev–Trinajstić information content (AvgIpc) is 2.88. The van der Waals surface area contributed by atoms with Crippen LogP contribution in [0.3, 0.4) is 0 Å². The number of carbonyl (C=O) groups excluding carboxylic acids is 2. The number of thioether (sulfide) groups is 1. The third-order valence-electron chi connectivity index (χ3n) is 2.57. The summed E-state index contributed by atoms with van der Waals surface area (Å²) < 4.78 is 15.3. The van der Waals surface area contributed by atoms with Crippen molar-refractivity contribution in [3.8, 4) is 0 Å². The summed E-state index contributed by atoms with van der Waals surface area (Å²) in [4.78, 5) is 23.0. The van der Waals surface area contributed by atoms with Crippen LogP contribution in [0.25, 0.3) is 0 Å². The minimum atomic E-state index is -0.595. The van der Waals surface area contributed by atoms with Crippen molar-refractivity contribution in [2.45, 2.75) is 51.5 Å². The van der Waals surface area contributed by atoms with Crippen LogP contribution in [0.15, 0.2) is 9.64 Å². The molecule has 1 N–H and O–H groups in total. The highest BCUT2D eigenvalue weighted by molar-refractivity contribution is 7.99. The van der Waals surface area contributed by atoms with Crippen molar-refractivity contribution in [2.75, 3.05) is 12.9 Å². The van der Waals surface area contributed by atoms with Crippen LogP contribution >= 0.6 is 11.8 Å². The molecule has 1 rings (SSSR count). The second-order valence-corrected chi connectivity index (χ2v) is 7.07. The fourth-order valence-corrected chi connectivity index (χ4v) is 2.13. The molecule has 0 aliphatic rings. The van der Waals surface area contributed by atoms with Gasteiger partial charge in [-0.15, -0.1) is 10.2 Å². The molecule has 0 fully saturated rings. The zero-order valence-electron chi connectivity index (χ0n) is 14.2. The molecule has 1 aromatic heterocycles. The molecule has 0 spiro atoms. The first-order valence-electron chi connectivity index (χ1n) is 7.15. The number of ether oxygens (including phenoxy) is 2. The van der Waals surface area contributed by atoms with Crippen molar-refractivity contribution >= 4 is 23.8 Å². The Balaban J connectivity index is 2.73. The molecule has 0 unspecified atom stereocenters. The summed E-state index contributed by atoms with van der Waals surface area (Å²) in [6.45, 7) is 9.17. The predicted octanol–water partition coefficient (Wildman–Crippen LogP) is 2.56. The van der Waals surface area contributed by atoms with Gasteiger partial charge in [0.25, 0.3) is 5.22 Å². The largest absolute Gasteiger partial charge is 0.468 e. The molecule has 1 atom stereocenters. The van der Waals surface area contributed by atoms with Crippen LogP contribution in [-0.2, 0) is 14.3 Å². The van der Waals surface area contributed by atoms with Gasteiger partial charge in [-0.2, -0.15) is 0 Å². The molecule has 0 aliphatic heterocycles. The highest BCUT2D eigenvalue weighted by Gasteiger charge is 2.27. The first-order chi connectivity index (χ1) is 10.6. The summed E-state index contributed by atoms with van der Waals surface area (Å²) in [5.74, 6) is -0.0362. The monoisotopic (exact) mass is 345 g/mol. The van der Waals surface area contributed by atoms with E-state index in [4.69, 9.17) is 9.15 Å². The maximum absolute atomic E-state index is 11.9. The second-order valence-electron chi connectivity index (χ2n) is 6.14. The van der Waals surface area contributed by atoms with Gasteiger partial charge in [0.1, 0.15) is 17.4 Å². The van der Waals surface area contributed by atoms with E-state index >= 15 is 0 Å². The first-order valence-corrected chi connectivity index (χ1v) is 8.13. The van der Waals surface area contributed by atoms with Gasteiger partial charge < -0.3 is 19.2 Å². The molecule has 0 aliphatic carbocycles. The van der Waals surface area contributed by atoms with E-state index in [9.17, 15) is 9.59 Å². The van der Waals surface area contributed by atoms with Gasteiger partial charge in [-0.1, -0.05) is 25.6 Å². The number of nitrogens with one attached hydrogen (secondary N) is 1. The number of carbonyl (C=O) groups is 2. The number of methoxy groups -OCH3 is 1. The number of rotatable bonds is 6. The van der Waals surface area contributed by atoms with E-state index in [0.717, 1.165) is 11.8 Å². The predicted molar refractivity (Wildman–Crippen MR) is 84.0 cm³/mol. The summed E-state index contributed by atoms with van der Waals surface area (Å²) in [5.41, 5.74) is -0.595. The van der Waals surface area contributed by atoms with Crippen LogP contribution in [0.2, 0.25) is 0 Å². The van der Waals surface area contributed by atoms with Crippen molar-refractivity contribution in [2.24, 2.45) is 5.92 Å². The smallest absolute Gasteiger partial charge is 0.408 e. The van der Waals surface area contributed by atoms with Crippen LogP contribution in [0.5, 0.6) is 0 Å². The number of hydrogen-bond acceptors (Lipinski definition) is 8. The Labute approximate surface area is 139 Å². The standard InChI is InChI=1S/C14H23N3O5S/c1-8(2)10(15-12(19)22-14(3,4)5)11-16-17-13(21-11)23-7-9(18)20-6/h8,10H,7H2,1-6H3,(H,15,19)/t10-/m1/s1. The van der Waals surface area contributed by atoms with Gasteiger partial charge in [0.15, 0.2) is 0 Å². The average molecular weight is 345 g/mol. The highest BCUT2D eigenvalue weighted by Crippen LogP contribution is 2.24. The number of aromatic nitrogens is 2. The molecule has 1 heterocycles. The van der Waals surface area contributed by atoms with E-state index < -0.39 is 17.7 Å². The van der Waals surface area contributed by atoms with Gasteiger partial charge in [-0.25, -0.2) is 4.79 Å². The van der Waals surface area contributed by atoms with E-state index in [1.165, 1.54) is 7.11 Å². The topological polar surface area (TPSA) is 104 Å². The Bertz CT molecular complexity index is 539. The number of nitrogens with zero attached hydrogens (tertiary/aromatic N) is 2. The molecule has 1 aromatic rings. The highest BCUT2D eigenvalue weighted by atomic mass is 32.2. The quantitative estimate of drug-likeness (QED) is 0.620. The lowest BCUT2D eigenvalue weighted by Gasteiger charge is -2.23. The molecule has 23 heavy (non-hydrogen) atoms. The maximum atomic E-state index is 11.9. The van der Waals surface area contributed by atoms with Gasteiger partial charge >= 0.3 is 12.1 Å². The Morgan fingerprint density at radius 2 is 1.96 bits per heavy atom. The van der Waals surface area contributed by atoms with Gasteiger partial charge in [-0.05, 0) is 26.7 Å². The third-order valence-corrected chi connectivity index (χ3v) is 3.36. The minimum absolute atomic E-state index is 0.0152. The SMILES string of the molecule is COC(=O)CSc1nnc([C@H](NC(=O)OC(C)(C)C)C(C)C)o1. The summed E-state index contributed by atoms with van der Waals surface area (Å²) in [5, 5.41) is 10.7. The van der Waals surface area contributed by atoms with Gasteiger partial charge in [-0.3, -0.25) is 4.79 Å². The Morgan fingerprint density at radius 3 is 2.48 bits per heavy atom. The van der Waals surface area contributed by atoms with Gasteiger partial charge in [0.05, 0.1) is 7.11 Å². The summed E-state index contributed by atoms with van der Waals surface area (Å²) >= 11 is 1.07. The Hall–Kier alpha value is -1.77. The van der Waals surface area contributed by atoms with Crippen LogP contribution in [-0.4, -0.2) is 40.7 Å². The summed E-state index contributed by atoms with van der Waals surface area (Å²) in [6.07, 6.45) is -0.557. The number of hydrogen-bond donors (Lipinski definition) is 1. The molecule has 1 amide bonds. The van der Waals surface area contributed by atoms with Crippen LogP contribution in [0, 0.1) is 5.92 Å². The first kappa shape index (κ1) is 19.3. The zero-order valence-corrected chi connectivity index (χ0v) is 15.0. The number of esters is 1. The summed E-state index contributed by atoms with van der Waals surface area (Å²) in [6, 6.07) is -0.482.